The predicted molar refractivity (Wildman–Crippen MR) is 163 cm³/mol. The van der Waals surface area contributed by atoms with Gasteiger partial charge in [-0.2, -0.15) is 5.26 Å². The summed E-state index contributed by atoms with van der Waals surface area (Å²) in [5.74, 6) is -0.785. The Morgan fingerprint density at radius 2 is 1.27 bits per heavy atom. The SMILES string of the molecule is COCO[C@@H]1[C@@H]2O[C@@H](CCC#N)[C@@H]3OC(C)(C)O[C@@H]3[C@@H]2O[C@@H]1CCOC(c1ccccc1)(c1ccccc1)c1ccccc1. The van der Waals surface area contributed by atoms with Gasteiger partial charge in [0.05, 0.1) is 24.9 Å². The van der Waals surface area contributed by atoms with E-state index >= 15 is 0 Å². The molecule has 232 valence electrons. The third-order valence-corrected chi connectivity index (χ3v) is 8.71. The molecule has 7 atom stereocenters. The van der Waals surface area contributed by atoms with E-state index in [0.717, 1.165) is 16.7 Å². The fourth-order valence-electron chi connectivity index (χ4n) is 6.93. The van der Waals surface area contributed by atoms with E-state index in [9.17, 15) is 5.26 Å². The van der Waals surface area contributed by atoms with Crippen molar-refractivity contribution in [2.75, 3.05) is 20.5 Å². The van der Waals surface area contributed by atoms with Gasteiger partial charge >= 0.3 is 0 Å². The van der Waals surface area contributed by atoms with Crippen LogP contribution in [-0.4, -0.2) is 69.0 Å². The van der Waals surface area contributed by atoms with Crippen LogP contribution >= 0.6 is 0 Å². The third-order valence-electron chi connectivity index (χ3n) is 8.71. The topological polar surface area (TPSA) is 88.4 Å². The van der Waals surface area contributed by atoms with Crippen LogP contribution in [0.5, 0.6) is 0 Å². The minimum absolute atomic E-state index is 0.0970. The molecular weight excluding hydrogens is 558 g/mol. The van der Waals surface area contributed by atoms with Crippen LogP contribution in [0, 0.1) is 11.3 Å². The van der Waals surface area contributed by atoms with Gasteiger partial charge in [0.1, 0.15) is 42.9 Å². The zero-order valence-corrected chi connectivity index (χ0v) is 25.5. The van der Waals surface area contributed by atoms with Gasteiger partial charge in [0.2, 0.25) is 0 Å². The first-order chi connectivity index (χ1) is 21.5. The Labute approximate surface area is 259 Å². The molecule has 0 bridgehead atoms. The highest BCUT2D eigenvalue weighted by Gasteiger charge is 2.61. The third kappa shape index (κ3) is 6.07. The average molecular weight is 600 g/mol. The molecule has 0 unspecified atom stereocenters. The van der Waals surface area contributed by atoms with E-state index in [4.69, 9.17) is 33.2 Å². The summed E-state index contributed by atoms with van der Waals surface area (Å²) in [4.78, 5) is 0. The molecule has 3 aromatic carbocycles. The van der Waals surface area contributed by atoms with Gasteiger partial charge in [-0.15, -0.1) is 0 Å². The first-order valence-electron chi connectivity index (χ1n) is 15.4. The summed E-state index contributed by atoms with van der Waals surface area (Å²) in [6, 6.07) is 33.2. The van der Waals surface area contributed by atoms with Crippen LogP contribution in [0.3, 0.4) is 0 Å². The highest BCUT2D eigenvalue weighted by Crippen LogP contribution is 2.46. The lowest BCUT2D eigenvalue weighted by Crippen LogP contribution is -2.57. The van der Waals surface area contributed by atoms with Crippen LogP contribution in [0.15, 0.2) is 91.0 Å². The van der Waals surface area contributed by atoms with Crippen LogP contribution in [0.4, 0.5) is 0 Å². The first-order valence-corrected chi connectivity index (χ1v) is 15.4. The minimum Gasteiger partial charge on any atom is -0.366 e. The monoisotopic (exact) mass is 599 g/mol. The molecular formula is C36H41NO7. The fourth-order valence-corrected chi connectivity index (χ4v) is 6.93. The van der Waals surface area contributed by atoms with Crippen molar-refractivity contribution in [1.29, 1.82) is 5.26 Å². The van der Waals surface area contributed by atoms with Gasteiger partial charge in [-0.05, 0) is 43.4 Å². The van der Waals surface area contributed by atoms with Crippen molar-refractivity contribution >= 4 is 0 Å². The van der Waals surface area contributed by atoms with E-state index in [0.29, 0.717) is 25.9 Å². The first kappa shape index (κ1) is 30.9. The maximum Gasteiger partial charge on any atom is 0.164 e. The summed E-state index contributed by atoms with van der Waals surface area (Å²) in [7, 11) is 1.60. The van der Waals surface area contributed by atoms with Crippen molar-refractivity contribution in [3.05, 3.63) is 108 Å². The van der Waals surface area contributed by atoms with Crippen molar-refractivity contribution in [3.63, 3.8) is 0 Å². The Hall–Kier alpha value is -3.13. The maximum atomic E-state index is 9.29. The average Bonchev–Trinajstić information content (AvgIpc) is 3.57. The number of nitrogens with zero attached hydrogens (tertiary/aromatic N) is 1. The number of nitriles is 1. The minimum atomic E-state index is -0.839. The normalized spacial score (nSPS) is 29.1. The molecule has 3 fully saturated rings. The van der Waals surface area contributed by atoms with Crippen molar-refractivity contribution in [2.45, 2.75) is 87.2 Å². The lowest BCUT2D eigenvalue weighted by Gasteiger charge is -2.39. The number of benzene rings is 3. The zero-order valence-electron chi connectivity index (χ0n) is 25.5. The Bertz CT molecular complexity index is 1280. The number of ether oxygens (including phenoxy) is 7. The van der Waals surface area contributed by atoms with Crippen molar-refractivity contribution in [2.24, 2.45) is 0 Å². The van der Waals surface area contributed by atoms with Gasteiger partial charge in [-0.25, -0.2) is 0 Å². The van der Waals surface area contributed by atoms with Gasteiger partial charge in [0, 0.05) is 13.5 Å². The maximum absolute atomic E-state index is 9.29. The van der Waals surface area contributed by atoms with E-state index in [-0.39, 0.29) is 31.2 Å². The molecule has 3 aromatic rings. The Balaban J connectivity index is 1.29. The molecule has 0 radical (unpaired) electrons. The largest absolute Gasteiger partial charge is 0.366 e. The van der Waals surface area contributed by atoms with Crippen molar-refractivity contribution in [3.8, 4) is 6.07 Å². The van der Waals surface area contributed by atoms with Crippen LogP contribution in [-0.2, 0) is 38.8 Å². The molecule has 6 rings (SSSR count). The van der Waals surface area contributed by atoms with Crippen LogP contribution < -0.4 is 0 Å². The molecule has 0 spiro atoms. The number of methoxy groups -OCH3 is 1. The lowest BCUT2D eigenvalue weighted by atomic mass is 9.80. The smallest absolute Gasteiger partial charge is 0.164 e. The summed E-state index contributed by atoms with van der Waals surface area (Å²) in [5, 5.41) is 9.29. The second-order valence-corrected chi connectivity index (χ2v) is 12.0. The molecule has 8 nitrogen and oxygen atoms in total. The van der Waals surface area contributed by atoms with E-state index in [1.807, 2.05) is 68.4 Å². The van der Waals surface area contributed by atoms with Crippen LogP contribution in [0.2, 0.25) is 0 Å². The standard InChI is InChI=1S/C36H41NO7/c1-35(2)43-31-28(20-13-22-37)41-32-30(39-24-38-3)29(42-33(32)34(31)44-35)21-23-40-36(25-14-7-4-8-15-25,26-16-9-5-10-17-26)27-18-11-6-12-19-27/h4-12,14-19,28-34H,13,20-21,23-24H2,1-3H3/t28-,29+,30-,31-,32-,33+,34-/m0/s1. The molecule has 0 aliphatic carbocycles. The van der Waals surface area contributed by atoms with Gasteiger partial charge in [0.25, 0.3) is 0 Å². The van der Waals surface area contributed by atoms with E-state index in [1.165, 1.54) is 0 Å². The second kappa shape index (κ2) is 13.5. The van der Waals surface area contributed by atoms with Crippen LogP contribution in [0.1, 0.15) is 49.8 Å². The van der Waals surface area contributed by atoms with Gasteiger partial charge < -0.3 is 33.2 Å². The van der Waals surface area contributed by atoms with Crippen LogP contribution in [0.25, 0.3) is 0 Å². The molecule has 3 aliphatic heterocycles. The molecule has 44 heavy (non-hydrogen) atoms. The summed E-state index contributed by atoms with van der Waals surface area (Å²) in [6.07, 6.45) is -1.10. The Kier molecular flexibility index (Phi) is 9.45. The Morgan fingerprint density at radius 1 is 0.727 bits per heavy atom. The van der Waals surface area contributed by atoms with Gasteiger partial charge in [-0.3, -0.25) is 0 Å². The molecule has 0 amide bonds. The summed E-state index contributed by atoms with van der Waals surface area (Å²) in [6.45, 7) is 4.28. The van der Waals surface area contributed by atoms with Crippen molar-refractivity contribution in [1.82, 2.24) is 0 Å². The second-order valence-electron chi connectivity index (χ2n) is 12.0. The molecule has 0 aromatic heterocycles. The highest BCUT2D eigenvalue weighted by atomic mass is 16.8. The van der Waals surface area contributed by atoms with E-state index in [2.05, 4.69) is 42.5 Å². The highest BCUT2D eigenvalue weighted by molar-refractivity contribution is 5.47. The van der Waals surface area contributed by atoms with Gasteiger partial charge in [0.15, 0.2) is 5.79 Å². The molecule has 8 heteroatoms. The van der Waals surface area contributed by atoms with E-state index in [1.54, 1.807) is 7.11 Å². The fraction of sp³-hybridized carbons (Fsp3) is 0.472. The number of hydrogen-bond donors (Lipinski definition) is 0. The number of rotatable bonds is 12. The molecule has 3 aliphatic rings. The summed E-state index contributed by atoms with van der Waals surface area (Å²) in [5.41, 5.74) is 2.27. The molecule has 0 N–H and O–H groups in total. The Morgan fingerprint density at radius 3 is 1.82 bits per heavy atom. The summed E-state index contributed by atoms with van der Waals surface area (Å²) >= 11 is 0. The quantitative estimate of drug-likeness (QED) is 0.193. The predicted octanol–water partition coefficient (Wildman–Crippen LogP) is 5.73. The van der Waals surface area contributed by atoms with Crippen molar-refractivity contribution < 1.29 is 33.2 Å². The molecule has 0 saturated carbocycles. The zero-order chi connectivity index (χ0) is 30.6. The summed E-state index contributed by atoms with van der Waals surface area (Å²) < 4.78 is 44.6. The van der Waals surface area contributed by atoms with E-state index < -0.39 is 29.7 Å². The number of fused-ring (bicyclic) bond motifs is 3. The molecule has 3 saturated heterocycles. The lowest BCUT2D eigenvalue weighted by molar-refractivity contribution is -0.194. The van der Waals surface area contributed by atoms with Gasteiger partial charge in [-0.1, -0.05) is 91.0 Å². The molecule has 3 heterocycles. The number of hydrogen-bond acceptors (Lipinski definition) is 8.